The number of fused-ring (bicyclic) bond motifs is 2. The number of rotatable bonds is 0. The highest BCUT2D eigenvalue weighted by molar-refractivity contribution is 5.90. The molecule has 0 spiro atoms. The Morgan fingerprint density at radius 3 is 2.41 bits per heavy atom. The Kier molecular flexibility index (Phi) is 3.33. The average Bonchev–Trinajstić information content (AvgIpc) is 2.31. The summed E-state index contributed by atoms with van der Waals surface area (Å²) in [6.07, 6.45) is 0. The zero-order valence-corrected chi connectivity index (χ0v) is 12.1. The summed E-state index contributed by atoms with van der Waals surface area (Å²) in [6, 6.07) is 17.2. The van der Waals surface area contributed by atoms with Gasteiger partial charge in [0.25, 0.3) is 0 Å². The summed E-state index contributed by atoms with van der Waals surface area (Å²) < 4.78 is 2.26. The van der Waals surface area contributed by atoms with Gasteiger partial charge in [0.05, 0.1) is 0 Å². The molecule has 0 saturated heterocycles. The molecule has 1 nitrogen and oxygen atoms in total. The summed E-state index contributed by atoms with van der Waals surface area (Å²) in [7, 11) is 2.13. The van der Waals surface area contributed by atoms with Gasteiger partial charge in [-0.15, -0.1) is 0 Å². The van der Waals surface area contributed by atoms with Gasteiger partial charge >= 0.3 is 0 Å². The molecule has 0 saturated carbocycles. The molecule has 0 radical (unpaired) electrons. The minimum Gasteiger partial charge on any atom is -1.00 e. The quantitative estimate of drug-likeness (QED) is 0.312. The van der Waals surface area contributed by atoms with Crippen LogP contribution in [0.15, 0.2) is 48.5 Å². The molecule has 3 rings (SSSR count). The van der Waals surface area contributed by atoms with Gasteiger partial charge < -0.3 is 24.0 Å². The Morgan fingerprint density at radius 2 is 1.59 bits per heavy atom. The number of hydrogen-bond donors (Lipinski definition) is 0. The number of halogens is 1. The fourth-order valence-corrected chi connectivity index (χ4v) is 2.35. The topological polar surface area (TPSA) is 3.88 Å². The SMILES string of the molecule is Cc1cccc2c1cc1ccccc1[n+]2C.[I-]. The van der Waals surface area contributed by atoms with Crippen molar-refractivity contribution in [2.45, 2.75) is 6.92 Å². The predicted octanol–water partition coefficient (Wildman–Crippen LogP) is 0.130. The molecular formula is C15H14IN. The van der Waals surface area contributed by atoms with Crippen LogP contribution in [0.1, 0.15) is 5.56 Å². The lowest BCUT2D eigenvalue weighted by Gasteiger charge is -2.03. The standard InChI is InChI=1S/C15H14N.HI/c1-11-6-5-9-15-13(11)10-12-7-3-4-8-14(12)16(15)2;/h3-10H,1-2H3;1H/q+1;/p-1. The van der Waals surface area contributed by atoms with Crippen LogP contribution in [0, 0.1) is 6.92 Å². The third kappa shape index (κ3) is 1.90. The Hall–Kier alpha value is -1.16. The molecule has 2 heteroatoms. The van der Waals surface area contributed by atoms with E-state index < -0.39 is 0 Å². The molecule has 0 bridgehead atoms. The van der Waals surface area contributed by atoms with Crippen molar-refractivity contribution in [3.8, 4) is 0 Å². The van der Waals surface area contributed by atoms with Gasteiger partial charge in [-0.3, -0.25) is 0 Å². The van der Waals surface area contributed by atoms with Gasteiger partial charge in [-0.2, -0.15) is 4.57 Å². The number of benzene rings is 2. The molecule has 86 valence electrons. The van der Waals surface area contributed by atoms with E-state index in [0.717, 1.165) is 0 Å². The summed E-state index contributed by atoms with van der Waals surface area (Å²) >= 11 is 0. The third-order valence-corrected chi connectivity index (χ3v) is 3.26. The summed E-state index contributed by atoms with van der Waals surface area (Å²) in [4.78, 5) is 0. The summed E-state index contributed by atoms with van der Waals surface area (Å²) in [5.41, 5.74) is 3.90. The molecule has 17 heavy (non-hydrogen) atoms. The highest BCUT2D eigenvalue weighted by Gasteiger charge is 2.11. The maximum atomic E-state index is 2.28. The van der Waals surface area contributed by atoms with Crippen LogP contribution in [0.5, 0.6) is 0 Å². The van der Waals surface area contributed by atoms with Crippen molar-refractivity contribution < 1.29 is 28.5 Å². The van der Waals surface area contributed by atoms with Gasteiger partial charge in [0.15, 0.2) is 0 Å². The number of hydrogen-bond acceptors (Lipinski definition) is 0. The van der Waals surface area contributed by atoms with Crippen molar-refractivity contribution in [1.29, 1.82) is 0 Å². The molecule has 0 atom stereocenters. The fourth-order valence-electron chi connectivity index (χ4n) is 2.35. The lowest BCUT2D eigenvalue weighted by Crippen LogP contribution is -3.00. The van der Waals surface area contributed by atoms with E-state index in [1.807, 2.05) is 0 Å². The molecule has 0 aliphatic heterocycles. The molecular weight excluding hydrogens is 321 g/mol. The van der Waals surface area contributed by atoms with Gasteiger partial charge in [0.1, 0.15) is 7.05 Å². The van der Waals surface area contributed by atoms with E-state index in [0.29, 0.717) is 0 Å². The second-order valence-corrected chi connectivity index (χ2v) is 4.27. The minimum absolute atomic E-state index is 0. The number of aryl methyl sites for hydroxylation is 2. The van der Waals surface area contributed by atoms with E-state index in [2.05, 4.69) is 67.1 Å². The molecule has 3 aromatic rings. The van der Waals surface area contributed by atoms with Crippen LogP contribution in [-0.2, 0) is 7.05 Å². The van der Waals surface area contributed by atoms with Crippen LogP contribution >= 0.6 is 0 Å². The first-order valence-electron chi connectivity index (χ1n) is 5.54. The van der Waals surface area contributed by atoms with Crippen LogP contribution < -0.4 is 28.5 Å². The van der Waals surface area contributed by atoms with Crippen LogP contribution in [0.4, 0.5) is 0 Å². The van der Waals surface area contributed by atoms with Crippen molar-refractivity contribution in [1.82, 2.24) is 0 Å². The average molecular weight is 335 g/mol. The predicted molar refractivity (Wildman–Crippen MR) is 67.4 cm³/mol. The minimum atomic E-state index is 0. The number of nitrogens with zero attached hydrogens (tertiary/aromatic N) is 1. The number of pyridine rings is 1. The van der Waals surface area contributed by atoms with Gasteiger partial charge in [0.2, 0.25) is 11.0 Å². The maximum Gasteiger partial charge on any atom is 0.213 e. The molecule has 1 heterocycles. The van der Waals surface area contributed by atoms with Crippen LogP contribution in [-0.4, -0.2) is 0 Å². The molecule has 0 N–H and O–H groups in total. The Morgan fingerprint density at radius 1 is 0.882 bits per heavy atom. The second kappa shape index (κ2) is 4.61. The molecule has 0 fully saturated rings. The van der Waals surface area contributed by atoms with Gasteiger partial charge in [-0.1, -0.05) is 24.3 Å². The summed E-state index contributed by atoms with van der Waals surface area (Å²) in [5.74, 6) is 0. The summed E-state index contributed by atoms with van der Waals surface area (Å²) in [6.45, 7) is 2.16. The smallest absolute Gasteiger partial charge is 0.213 e. The van der Waals surface area contributed by atoms with Crippen LogP contribution in [0.2, 0.25) is 0 Å². The normalized spacial score (nSPS) is 10.5. The van der Waals surface area contributed by atoms with E-state index in [9.17, 15) is 0 Å². The second-order valence-electron chi connectivity index (χ2n) is 4.27. The highest BCUT2D eigenvalue weighted by Crippen LogP contribution is 2.20. The first kappa shape index (κ1) is 12.3. The molecule has 1 aromatic heterocycles. The van der Waals surface area contributed by atoms with Crippen molar-refractivity contribution in [3.05, 3.63) is 54.1 Å². The molecule has 0 aliphatic carbocycles. The Bertz CT molecular complexity index is 689. The van der Waals surface area contributed by atoms with E-state index in [1.54, 1.807) is 0 Å². The summed E-state index contributed by atoms with van der Waals surface area (Å²) in [5, 5.41) is 2.63. The largest absolute Gasteiger partial charge is 1.00 e. The third-order valence-electron chi connectivity index (χ3n) is 3.26. The van der Waals surface area contributed by atoms with Gasteiger partial charge in [0, 0.05) is 22.9 Å². The first-order valence-corrected chi connectivity index (χ1v) is 5.54. The molecule has 0 amide bonds. The Balaban J connectivity index is 0.00000108. The van der Waals surface area contributed by atoms with Crippen molar-refractivity contribution >= 4 is 21.8 Å². The van der Waals surface area contributed by atoms with E-state index in [-0.39, 0.29) is 24.0 Å². The van der Waals surface area contributed by atoms with Gasteiger partial charge in [-0.25, -0.2) is 0 Å². The van der Waals surface area contributed by atoms with E-state index in [4.69, 9.17) is 0 Å². The van der Waals surface area contributed by atoms with Crippen LogP contribution in [0.25, 0.3) is 21.8 Å². The zero-order chi connectivity index (χ0) is 11.1. The lowest BCUT2D eigenvalue weighted by molar-refractivity contribution is -0.617. The van der Waals surface area contributed by atoms with E-state index >= 15 is 0 Å². The zero-order valence-electron chi connectivity index (χ0n) is 9.94. The molecule has 2 aromatic carbocycles. The molecule has 0 aliphatic rings. The lowest BCUT2D eigenvalue weighted by atomic mass is 10.1. The van der Waals surface area contributed by atoms with Crippen molar-refractivity contribution in [3.63, 3.8) is 0 Å². The maximum absolute atomic E-state index is 2.28. The Labute approximate surface area is 118 Å². The van der Waals surface area contributed by atoms with E-state index in [1.165, 1.54) is 27.4 Å². The monoisotopic (exact) mass is 335 g/mol. The van der Waals surface area contributed by atoms with Crippen molar-refractivity contribution in [2.24, 2.45) is 7.05 Å². The number of para-hydroxylation sites is 1. The number of aromatic nitrogens is 1. The van der Waals surface area contributed by atoms with Gasteiger partial charge in [-0.05, 0) is 24.6 Å². The van der Waals surface area contributed by atoms with Crippen LogP contribution in [0.3, 0.4) is 0 Å². The fraction of sp³-hybridized carbons (Fsp3) is 0.133. The molecule has 0 unspecified atom stereocenters. The first-order chi connectivity index (χ1) is 7.77. The van der Waals surface area contributed by atoms with Crippen molar-refractivity contribution in [2.75, 3.05) is 0 Å². The highest BCUT2D eigenvalue weighted by atomic mass is 127.